The van der Waals surface area contributed by atoms with Crippen LogP contribution in [0.15, 0.2) is 30.5 Å². The van der Waals surface area contributed by atoms with Gasteiger partial charge in [-0.3, -0.25) is 0 Å². The van der Waals surface area contributed by atoms with E-state index in [0.717, 1.165) is 30.5 Å². The Morgan fingerprint density at radius 2 is 1.96 bits per heavy atom. The van der Waals surface area contributed by atoms with Crippen LogP contribution in [-0.4, -0.2) is 34.0 Å². The molecule has 5 nitrogen and oxygen atoms in total. The summed E-state index contributed by atoms with van der Waals surface area (Å²) in [5, 5.41) is 8.63. The molecule has 2 fully saturated rings. The zero-order valence-electron chi connectivity index (χ0n) is 13.1. The Morgan fingerprint density at radius 1 is 1.26 bits per heavy atom. The normalized spacial score (nSPS) is 21.5. The maximum Gasteiger partial charge on any atom is 0.169 e. The van der Waals surface area contributed by atoms with Crippen LogP contribution in [0.1, 0.15) is 49.4 Å². The van der Waals surface area contributed by atoms with Crippen molar-refractivity contribution >= 4 is 0 Å². The molecule has 1 aromatic carbocycles. The first-order valence-electron chi connectivity index (χ1n) is 8.14. The topological polar surface area (TPSA) is 49.2 Å². The number of rotatable bonds is 4. The SMILES string of the molecule is CC[C@H](c1ccc(F)cc1)n1cc(C2CC3(C2)OCCO3)nn1. The fourth-order valence-electron chi connectivity index (χ4n) is 3.52. The molecular formula is C17H20FN3O2. The Bertz CT molecular complexity index is 671. The molecule has 122 valence electrons. The van der Waals surface area contributed by atoms with Gasteiger partial charge in [0, 0.05) is 25.0 Å². The Balaban J connectivity index is 1.49. The first-order valence-corrected chi connectivity index (χ1v) is 8.14. The Hall–Kier alpha value is -1.79. The third-order valence-corrected chi connectivity index (χ3v) is 4.84. The molecule has 23 heavy (non-hydrogen) atoms. The van der Waals surface area contributed by atoms with Gasteiger partial charge in [-0.15, -0.1) is 5.10 Å². The van der Waals surface area contributed by atoms with Crippen LogP contribution in [0, 0.1) is 5.82 Å². The first kappa shape index (κ1) is 14.8. The number of benzene rings is 1. The Labute approximate surface area is 134 Å². The number of nitrogens with zero attached hydrogens (tertiary/aromatic N) is 3. The lowest BCUT2D eigenvalue weighted by Gasteiger charge is -2.41. The van der Waals surface area contributed by atoms with Gasteiger partial charge < -0.3 is 9.47 Å². The van der Waals surface area contributed by atoms with Crippen molar-refractivity contribution in [3.8, 4) is 0 Å². The van der Waals surface area contributed by atoms with Crippen LogP contribution in [0.3, 0.4) is 0 Å². The molecule has 1 saturated heterocycles. The van der Waals surface area contributed by atoms with Crippen LogP contribution < -0.4 is 0 Å². The van der Waals surface area contributed by atoms with Gasteiger partial charge in [-0.2, -0.15) is 0 Å². The second-order valence-electron chi connectivity index (χ2n) is 6.31. The predicted molar refractivity (Wildman–Crippen MR) is 81.5 cm³/mol. The second kappa shape index (κ2) is 5.69. The molecule has 0 bridgehead atoms. The minimum absolute atomic E-state index is 0.0740. The molecular weight excluding hydrogens is 297 g/mol. The molecule has 1 atom stereocenters. The highest BCUT2D eigenvalue weighted by Gasteiger charge is 2.50. The van der Waals surface area contributed by atoms with E-state index < -0.39 is 0 Å². The van der Waals surface area contributed by atoms with E-state index in [1.807, 2.05) is 23.0 Å². The monoisotopic (exact) mass is 317 g/mol. The van der Waals surface area contributed by atoms with E-state index in [-0.39, 0.29) is 17.6 Å². The standard InChI is InChI=1S/C17H20FN3O2/c1-2-16(12-3-5-14(18)6-4-12)21-11-15(19-20-21)13-9-17(10-13)22-7-8-23-17/h3-6,11,13,16H,2,7-10H2,1H3/t16-/m1/s1. The number of hydrogen-bond donors (Lipinski definition) is 0. The minimum Gasteiger partial charge on any atom is -0.347 e. The highest BCUT2D eigenvalue weighted by molar-refractivity contribution is 5.21. The van der Waals surface area contributed by atoms with Crippen molar-refractivity contribution in [1.82, 2.24) is 15.0 Å². The number of halogens is 1. The number of aromatic nitrogens is 3. The lowest BCUT2D eigenvalue weighted by Crippen LogP contribution is -2.43. The van der Waals surface area contributed by atoms with Gasteiger partial charge in [0.05, 0.1) is 24.9 Å². The summed E-state index contributed by atoms with van der Waals surface area (Å²) in [6.45, 7) is 3.46. The van der Waals surface area contributed by atoms with Crippen LogP contribution in [0.5, 0.6) is 0 Å². The molecule has 1 aromatic heterocycles. The minimum atomic E-state index is -0.366. The highest BCUT2D eigenvalue weighted by atomic mass is 19.1. The van der Waals surface area contributed by atoms with Crippen molar-refractivity contribution in [1.29, 1.82) is 0 Å². The van der Waals surface area contributed by atoms with Gasteiger partial charge in [-0.25, -0.2) is 9.07 Å². The Morgan fingerprint density at radius 3 is 2.61 bits per heavy atom. The fourth-order valence-corrected chi connectivity index (χ4v) is 3.52. The summed E-state index contributed by atoms with van der Waals surface area (Å²) in [4.78, 5) is 0. The number of hydrogen-bond acceptors (Lipinski definition) is 4. The summed E-state index contributed by atoms with van der Waals surface area (Å²) in [6, 6.07) is 6.66. The van der Waals surface area contributed by atoms with Gasteiger partial charge in [0.15, 0.2) is 5.79 Å². The molecule has 0 unspecified atom stereocenters. The molecule has 1 aliphatic carbocycles. The van der Waals surface area contributed by atoms with E-state index in [1.54, 1.807) is 0 Å². The highest BCUT2D eigenvalue weighted by Crippen LogP contribution is 2.49. The average molecular weight is 317 g/mol. The zero-order chi connectivity index (χ0) is 15.9. The third kappa shape index (κ3) is 2.66. The summed E-state index contributed by atoms with van der Waals surface area (Å²) in [5.41, 5.74) is 2.02. The second-order valence-corrected chi connectivity index (χ2v) is 6.31. The molecule has 6 heteroatoms. The van der Waals surface area contributed by atoms with Gasteiger partial charge in [-0.05, 0) is 24.1 Å². The van der Waals surface area contributed by atoms with Crippen molar-refractivity contribution in [2.24, 2.45) is 0 Å². The van der Waals surface area contributed by atoms with E-state index in [2.05, 4.69) is 17.2 Å². The van der Waals surface area contributed by atoms with Crippen molar-refractivity contribution in [3.63, 3.8) is 0 Å². The van der Waals surface area contributed by atoms with E-state index in [9.17, 15) is 4.39 Å². The van der Waals surface area contributed by atoms with Crippen LogP contribution in [0.4, 0.5) is 4.39 Å². The van der Waals surface area contributed by atoms with E-state index >= 15 is 0 Å². The largest absolute Gasteiger partial charge is 0.347 e. The molecule has 2 aromatic rings. The molecule has 0 amide bonds. The van der Waals surface area contributed by atoms with Crippen LogP contribution >= 0.6 is 0 Å². The smallest absolute Gasteiger partial charge is 0.169 e. The summed E-state index contributed by atoms with van der Waals surface area (Å²) in [7, 11) is 0. The van der Waals surface area contributed by atoms with Gasteiger partial charge in [0.2, 0.25) is 0 Å². The van der Waals surface area contributed by atoms with Gasteiger partial charge in [0.1, 0.15) is 5.82 Å². The predicted octanol–water partition coefficient (Wildman–Crippen LogP) is 3.04. The summed E-state index contributed by atoms with van der Waals surface area (Å²) >= 11 is 0. The molecule has 4 rings (SSSR count). The van der Waals surface area contributed by atoms with Crippen molar-refractivity contribution in [3.05, 3.63) is 47.5 Å². The molecule has 1 aliphatic heterocycles. The zero-order valence-corrected chi connectivity index (χ0v) is 13.1. The molecule has 2 heterocycles. The maximum atomic E-state index is 13.1. The fraction of sp³-hybridized carbons (Fsp3) is 0.529. The average Bonchev–Trinajstić information content (AvgIpc) is 3.17. The lowest BCUT2D eigenvalue weighted by atomic mass is 9.77. The van der Waals surface area contributed by atoms with Crippen LogP contribution in [-0.2, 0) is 9.47 Å². The van der Waals surface area contributed by atoms with Crippen molar-refractivity contribution < 1.29 is 13.9 Å². The lowest BCUT2D eigenvalue weighted by molar-refractivity contribution is -0.216. The maximum absolute atomic E-state index is 13.1. The molecule has 0 N–H and O–H groups in total. The number of ether oxygens (including phenoxy) is 2. The summed E-state index contributed by atoms with van der Waals surface area (Å²) in [6.07, 6.45) is 4.57. The molecule has 2 aliphatic rings. The quantitative estimate of drug-likeness (QED) is 0.870. The van der Waals surface area contributed by atoms with Crippen molar-refractivity contribution in [2.45, 2.75) is 43.9 Å². The molecule has 1 spiro atoms. The Kier molecular flexibility index (Phi) is 3.66. The first-order chi connectivity index (χ1) is 11.2. The molecule has 1 saturated carbocycles. The van der Waals surface area contributed by atoms with E-state index in [1.165, 1.54) is 12.1 Å². The summed E-state index contributed by atoms with van der Waals surface area (Å²) < 4.78 is 26.3. The van der Waals surface area contributed by atoms with Gasteiger partial charge in [0.25, 0.3) is 0 Å². The van der Waals surface area contributed by atoms with Crippen LogP contribution in [0.25, 0.3) is 0 Å². The van der Waals surface area contributed by atoms with E-state index in [0.29, 0.717) is 19.1 Å². The van der Waals surface area contributed by atoms with Gasteiger partial charge in [-0.1, -0.05) is 24.3 Å². The van der Waals surface area contributed by atoms with Gasteiger partial charge >= 0.3 is 0 Å². The third-order valence-electron chi connectivity index (χ3n) is 4.84. The van der Waals surface area contributed by atoms with Crippen molar-refractivity contribution in [2.75, 3.05) is 13.2 Å². The molecule has 0 radical (unpaired) electrons. The van der Waals surface area contributed by atoms with Crippen LogP contribution in [0.2, 0.25) is 0 Å². The summed E-state index contributed by atoms with van der Waals surface area (Å²) in [5.74, 6) is -0.248. The van der Waals surface area contributed by atoms with E-state index in [4.69, 9.17) is 9.47 Å².